The van der Waals surface area contributed by atoms with Crippen LogP contribution in [0.1, 0.15) is 32.6 Å². The van der Waals surface area contributed by atoms with Crippen molar-refractivity contribution in [1.29, 1.82) is 0 Å². The van der Waals surface area contributed by atoms with Gasteiger partial charge in [-0.1, -0.05) is 0 Å². The van der Waals surface area contributed by atoms with Gasteiger partial charge in [0.15, 0.2) is 0 Å². The second kappa shape index (κ2) is 12.6. The maximum absolute atomic E-state index is 12.0. The number of rotatable bonds is 13. The van der Waals surface area contributed by atoms with Gasteiger partial charge in [0, 0.05) is 0 Å². The molecule has 0 heterocycles. The Bertz CT molecular complexity index is 555. The fourth-order valence-corrected chi connectivity index (χ4v) is 2.01. The van der Waals surface area contributed by atoms with Gasteiger partial charge in [-0.2, -0.15) is 0 Å². The van der Waals surface area contributed by atoms with Crippen molar-refractivity contribution in [3.8, 4) is 0 Å². The zero-order chi connectivity index (χ0) is 21.0. The molecule has 3 unspecified atom stereocenters. The van der Waals surface area contributed by atoms with E-state index >= 15 is 0 Å². The molecule has 4 amide bonds. The lowest BCUT2D eigenvalue weighted by Gasteiger charge is -2.19. The van der Waals surface area contributed by atoms with Crippen molar-refractivity contribution in [3.63, 3.8) is 0 Å². The van der Waals surface area contributed by atoms with Crippen molar-refractivity contribution < 1.29 is 29.1 Å². The minimum atomic E-state index is -1.19. The van der Waals surface area contributed by atoms with E-state index in [1.807, 2.05) is 0 Å². The van der Waals surface area contributed by atoms with Crippen LogP contribution in [0.3, 0.4) is 0 Å². The van der Waals surface area contributed by atoms with Crippen LogP contribution in [-0.2, 0) is 24.0 Å². The van der Waals surface area contributed by atoms with Crippen molar-refractivity contribution in [3.05, 3.63) is 0 Å². The number of hydrogen-bond donors (Lipinski definition) is 7. The summed E-state index contributed by atoms with van der Waals surface area (Å²) < 4.78 is 0. The Morgan fingerprint density at radius 3 is 2.19 bits per heavy atom. The molecule has 27 heavy (non-hydrogen) atoms. The molecule has 0 aliphatic carbocycles. The highest BCUT2D eigenvalue weighted by molar-refractivity contribution is 5.93. The number of aliphatic carboxylic acids is 1. The average molecular weight is 388 g/mol. The molecule has 0 aromatic carbocycles. The third kappa shape index (κ3) is 10.8. The number of carboxylic acids is 1. The Morgan fingerprint density at radius 1 is 1.04 bits per heavy atom. The molecule has 0 aliphatic rings. The van der Waals surface area contributed by atoms with E-state index in [2.05, 4.69) is 16.0 Å². The van der Waals surface area contributed by atoms with E-state index in [-0.39, 0.29) is 12.8 Å². The zero-order valence-electron chi connectivity index (χ0n) is 15.2. The Morgan fingerprint density at radius 2 is 1.67 bits per heavy atom. The van der Waals surface area contributed by atoms with Gasteiger partial charge in [-0.25, -0.2) is 4.79 Å². The van der Waals surface area contributed by atoms with Crippen LogP contribution in [0, 0.1) is 0 Å². The summed E-state index contributed by atoms with van der Waals surface area (Å²) in [6, 6.07) is -3.29. The standard InChI is InChI=1S/C15H28N6O6/c1-8(13(24)21-10(15(26)27)4-2-3-5-16)20-12(23)7-19-14(25)9(17)6-11(18)22/h8-10H,2-7,16-17H2,1H3,(H2,18,22)(H,19,25)(H,20,23)(H,21,24)(H,26,27). The van der Waals surface area contributed by atoms with Crippen LogP contribution in [0.2, 0.25) is 0 Å². The molecule has 0 aliphatic heterocycles. The molecule has 0 saturated heterocycles. The Hall–Kier alpha value is -2.73. The van der Waals surface area contributed by atoms with E-state index in [9.17, 15) is 24.0 Å². The van der Waals surface area contributed by atoms with E-state index in [0.717, 1.165) is 0 Å². The molecular weight excluding hydrogens is 360 g/mol. The first kappa shape index (κ1) is 24.3. The van der Waals surface area contributed by atoms with E-state index in [1.54, 1.807) is 0 Å². The fraction of sp³-hybridized carbons (Fsp3) is 0.667. The topological polar surface area (TPSA) is 220 Å². The number of primary amides is 1. The minimum absolute atomic E-state index is 0.215. The molecule has 0 radical (unpaired) electrons. The van der Waals surface area contributed by atoms with Gasteiger partial charge in [-0.05, 0) is 32.7 Å². The summed E-state index contributed by atoms with van der Waals surface area (Å²) in [7, 11) is 0. The van der Waals surface area contributed by atoms with E-state index in [4.69, 9.17) is 22.3 Å². The van der Waals surface area contributed by atoms with Gasteiger partial charge in [0.2, 0.25) is 23.6 Å². The van der Waals surface area contributed by atoms with Crippen molar-refractivity contribution in [1.82, 2.24) is 16.0 Å². The molecule has 154 valence electrons. The molecular formula is C15H28N6O6. The summed E-state index contributed by atoms with van der Waals surface area (Å²) in [5.74, 6) is -4.05. The number of carbonyl (C=O) groups excluding carboxylic acids is 4. The van der Waals surface area contributed by atoms with Crippen LogP contribution in [0.25, 0.3) is 0 Å². The number of nitrogens with one attached hydrogen (secondary N) is 3. The van der Waals surface area contributed by atoms with E-state index < -0.39 is 54.3 Å². The van der Waals surface area contributed by atoms with Crippen molar-refractivity contribution >= 4 is 29.6 Å². The molecule has 0 rings (SSSR count). The maximum atomic E-state index is 12.0. The fourth-order valence-electron chi connectivity index (χ4n) is 2.01. The normalized spacial score (nSPS) is 13.7. The Balaban J connectivity index is 4.39. The smallest absolute Gasteiger partial charge is 0.326 e. The molecule has 12 heteroatoms. The highest BCUT2D eigenvalue weighted by Crippen LogP contribution is 2.01. The summed E-state index contributed by atoms with van der Waals surface area (Å²) in [5.41, 5.74) is 15.7. The lowest BCUT2D eigenvalue weighted by molar-refractivity contribution is -0.142. The molecule has 12 nitrogen and oxygen atoms in total. The van der Waals surface area contributed by atoms with Crippen LogP contribution in [-0.4, -0.2) is 65.9 Å². The van der Waals surface area contributed by atoms with Gasteiger partial charge in [0.1, 0.15) is 12.1 Å². The molecule has 0 bridgehead atoms. The Kier molecular flexibility index (Phi) is 11.3. The number of hydrogen-bond acceptors (Lipinski definition) is 7. The van der Waals surface area contributed by atoms with Crippen molar-refractivity contribution in [2.75, 3.05) is 13.1 Å². The van der Waals surface area contributed by atoms with Crippen LogP contribution in [0.5, 0.6) is 0 Å². The van der Waals surface area contributed by atoms with Gasteiger partial charge in [0.25, 0.3) is 0 Å². The lowest BCUT2D eigenvalue weighted by atomic mass is 10.1. The van der Waals surface area contributed by atoms with Gasteiger partial charge in [-0.15, -0.1) is 0 Å². The third-order valence-corrected chi connectivity index (χ3v) is 3.51. The highest BCUT2D eigenvalue weighted by atomic mass is 16.4. The second-order valence-electron chi connectivity index (χ2n) is 5.97. The monoisotopic (exact) mass is 388 g/mol. The summed E-state index contributed by atoms with van der Waals surface area (Å²) in [6.07, 6.45) is 1.01. The molecule has 3 atom stereocenters. The van der Waals surface area contributed by atoms with Crippen LogP contribution in [0.4, 0.5) is 0 Å². The first-order chi connectivity index (χ1) is 12.6. The zero-order valence-corrected chi connectivity index (χ0v) is 15.2. The molecule has 0 aromatic rings. The molecule has 0 aromatic heterocycles. The number of carboxylic acid groups (broad SMARTS) is 1. The molecule has 0 spiro atoms. The number of carbonyl (C=O) groups is 5. The second-order valence-corrected chi connectivity index (χ2v) is 5.97. The summed E-state index contributed by atoms with van der Waals surface area (Å²) in [6.45, 7) is 1.32. The number of unbranched alkanes of at least 4 members (excludes halogenated alkanes) is 1. The van der Waals surface area contributed by atoms with Crippen LogP contribution >= 0.6 is 0 Å². The van der Waals surface area contributed by atoms with Crippen molar-refractivity contribution in [2.45, 2.75) is 50.7 Å². The predicted molar refractivity (Wildman–Crippen MR) is 94.9 cm³/mol. The van der Waals surface area contributed by atoms with Gasteiger partial charge < -0.3 is 38.3 Å². The maximum Gasteiger partial charge on any atom is 0.326 e. The quantitative estimate of drug-likeness (QED) is 0.156. The predicted octanol–water partition coefficient (Wildman–Crippen LogP) is -3.49. The molecule has 0 fully saturated rings. The SMILES string of the molecule is CC(NC(=O)CNC(=O)C(N)CC(N)=O)C(=O)NC(CCCCN)C(=O)O. The van der Waals surface area contributed by atoms with Crippen molar-refractivity contribution in [2.24, 2.45) is 17.2 Å². The van der Waals surface area contributed by atoms with Gasteiger partial charge in [-0.3, -0.25) is 19.2 Å². The van der Waals surface area contributed by atoms with Gasteiger partial charge in [0.05, 0.1) is 19.0 Å². The first-order valence-electron chi connectivity index (χ1n) is 8.42. The average Bonchev–Trinajstić information content (AvgIpc) is 2.57. The van der Waals surface area contributed by atoms with Crippen LogP contribution < -0.4 is 33.2 Å². The summed E-state index contributed by atoms with van der Waals surface area (Å²) >= 11 is 0. The highest BCUT2D eigenvalue weighted by Gasteiger charge is 2.24. The third-order valence-electron chi connectivity index (χ3n) is 3.51. The number of amides is 4. The Labute approximate surface area is 156 Å². The minimum Gasteiger partial charge on any atom is -0.480 e. The summed E-state index contributed by atoms with van der Waals surface area (Å²) in [5, 5.41) is 16.0. The largest absolute Gasteiger partial charge is 0.480 e. The first-order valence-corrected chi connectivity index (χ1v) is 8.42. The molecule has 10 N–H and O–H groups in total. The lowest BCUT2D eigenvalue weighted by Crippen LogP contribution is -2.52. The van der Waals surface area contributed by atoms with E-state index in [1.165, 1.54) is 6.92 Å². The molecule has 0 saturated carbocycles. The summed E-state index contributed by atoms with van der Waals surface area (Å²) in [4.78, 5) is 57.2. The van der Waals surface area contributed by atoms with E-state index in [0.29, 0.717) is 19.4 Å². The van der Waals surface area contributed by atoms with Crippen LogP contribution in [0.15, 0.2) is 0 Å². The van der Waals surface area contributed by atoms with Gasteiger partial charge >= 0.3 is 5.97 Å². The number of nitrogens with two attached hydrogens (primary N) is 3.